The predicted molar refractivity (Wildman–Crippen MR) is 163 cm³/mol. The smallest absolute Gasteiger partial charge is 0.418 e. The molecule has 0 fully saturated rings. The summed E-state index contributed by atoms with van der Waals surface area (Å²) in [5, 5.41) is 12.6. The molecule has 0 atom stereocenters. The van der Waals surface area contributed by atoms with Crippen molar-refractivity contribution >= 4 is 41.1 Å². The highest BCUT2D eigenvalue weighted by Gasteiger charge is 2.27. The fourth-order valence-corrected chi connectivity index (χ4v) is 4.06. The number of carbonyl (C=O) groups is 3. The van der Waals surface area contributed by atoms with E-state index in [1.807, 2.05) is 13.8 Å². The molecule has 0 N–H and O–H groups in total. The van der Waals surface area contributed by atoms with Crippen LogP contribution in [0, 0.1) is 15.5 Å². The number of esters is 1. The maximum Gasteiger partial charge on any atom is 0.418 e. The van der Waals surface area contributed by atoms with Crippen LogP contribution in [0.1, 0.15) is 53.5 Å². The van der Waals surface area contributed by atoms with Gasteiger partial charge in [0, 0.05) is 42.6 Å². The summed E-state index contributed by atoms with van der Waals surface area (Å²) in [5.74, 6) is -0.282. The van der Waals surface area contributed by atoms with Crippen molar-refractivity contribution < 1.29 is 33.5 Å². The molecule has 0 aliphatic rings. The molecule has 12 heteroatoms. The normalized spacial score (nSPS) is 12.5. The Morgan fingerprint density at radius 1 is 1.12 bits per heavy atom. The Hall–Kier alpha value is -4.74. The molecular weight excluding hydrogens is 556 g/mol. The van der Waals surface area contributed by atoms with Gasteiger partial charge in [0.1, 0.15) is 24.7 Å². The molecule has 1 aromatic heterocycles. The standard InChI is InChI=1S/C31H40N4O8/c1-9-11-14-23-24(35(39)40)15-16-25(27(23)21(3)10-2)42-20-43-30(38)34(8)28-22(13-12-17-32-28)19-41-26(36)18-33(7)29(37)31(4,5)6/h9,11-17H,10,18-20H2,1-8H3/b11-9-,23-14-,27-21-. The summed E-state index contributed by atoms with van der Waals surface area (Å²) >= 11 is 0. The second-order valence-electron chi connectivity index (χ2n) is 10.7. The van der Waals surface area contributed by atoms with Crippen LogP contribution in [0.15, 0.2) is 42.6 Å². The highest BCUT2D eigenvalue weighted by atomic mass is 16.7. The Morgan fingerprint density at radius 3 is 2.42 bits per heavy atom. The van der Waals surface area contributed by atoms with Crippen LogP contribution in [-0.2, 0) is 25.7 Å². The fourth-order valence-electron chi connectivity index (χ4n) is 4.06. The zero-order valence-corrected chi connectivity index (χ0v) is 26.0. The Morgan fingerprint density at radius 2 is 1.81 bits per heavy atom. The minimum absolute atomic E-state index is 0.0687. The molecule has 0 radical (unpaired) electrons. The van der Waals surface area contributed by atoms with Gasteiger partial charge in [0.05, 0.1) is 10.1 Å². The molecule has 1 aromatic carbocycles. The lowest BCUT2D eigenvalue weighted by molar-refractivity contribution is -0.386. The minimum atomic E-state index is -0.790. The summed E-state index contributed by atoms with van der Waals surface area (Å²) < 4.78 is 16.5. The van der Waals surface area contributed by atoms with Gasteiger partial charge in [0.15, 0.2) is 0 Å². The first kappa shape index (κ1) is 34.5. The summed E-state index contributed by atoms with van der Waals surface area (Å²) in [6, 6.07) is 6.11. The van der Waals surface area contributed by atoms with Gasteiger partial charge in [-0.15, -0.1) is 0 Å². The van der Waals surface area contributed by atoms with Crippen molar-refractivity contribution in [2.45, 2.75) is 54.6 Å². The molecule has 43 heavy (non-hydrogen) atoms. The topological polar surface area (TPSA) is 141 Å². The number of rotatable bonds is 11. The van der Waals surface area contributed by atoms with E-state index in [-0.39, 0.29) is 30.6 Å². The number of likely N-dealkylation sites (N-methyl/N-ethyl adjacent to an activating group) is 1. The number of nitro benzene ring substituents is 1. The van der Waals surface area contributed by atoms with Crippen molar-refractivity contribution in [1.82, 2.24) is 9.88 Å². The maximum absolute atomic E-state index is 12.9. The van der Waals surface area contributed by atoms with Crippen LogP contribution in [0.25, 0.3) is 11.6 Å². The number of benzene rings is 1. The lowest BCUT2D eigenvalue weighted by atomic mass is 9.95. The first-order valence-electron chi connectivity index (χ1n) is 13.7. The van der Waals surface area contributed by atoms with Crippen LogP contribution in [0.3, 0.4) is 0 Å². The highest BCUT2D eigenvalue weighted by Crippen LogP contribution is 2.19. The van der Waals surface area contributed by atoms with Crippen LogP contribution in [-0.4, -0.2) is 60.2 Å². The maximum atomic E-state index is 12.9. The molecule has 0 saturated carbocycles. The number of pyridine rings is 1. The van der Waals surface area contributed by atoms with Crippen LogP contribution >= 0.6 is 0 Å². The van der Waals surface area contributed by atoms with Gasteiger partial charge in [-0.3, -0.25) is 24.6 Å². The van der Waals surface area contributed by atoms with E-state index in [9.17, 15) is 24.5 Å². The number of nitro groups is 1. The van der Waals surface area contributed by atoms with Crippen molar-refractivity contribution in [3.63, 3.8) is 0 Å². The predicted octanol–water partition coefficient (Wildman–Crippen LogP) is 4.08. The third-order valence-corrected chi connectivity index (χ3v) is 6.39. The Labute approximate surface area is 251 Å². The van der Waals surface area contributed by atoms with Gasteiger partial charge in [0.2, 0.25) is 12.7 Å². The van der Waals surface area contributed by atoms with Gasteiger partial charge in [0.25, 0.3) is 5.69 Å². The van der Waals surface area contributed by atoms with Crippen molar-refractivity contribution in [2.24, 2.45) is 5.41 Å². The molecule has 0 aliphatic heterocycles. The third-order valence-electron chi connectivity index (χ3n) is 6.39. The lowest BCUT2D eigenvalue weighted by Crippen LogP contribution is -2.40. The van der Waals surface area contributed by atoms with Crippen molar-refractivity contribution in [3.05, 3.63) is 68.7 Å². The lowest BCUT2D eigenvalue weighted by Gasteiger charge is -2.25. The van der Waals surface area contributed by atoms with Gasteiger partial charge in [-0.2, -0.15) is 0 Å². The molecule has 12 nitrogen and oxygen atoms in total. The number of aromatic nitrogens is 1. The average Bonchev–Trinajstić information content (AvgIpc) is 2.96. The molecule has 2 aromatic rings. The van der Waals surface area contributed by atoms with E-state index in [4.69, 9.17) is 14.2 Å². The molecule has 0 aliphatic carbocycles. The number of amides is 2. The molecule has 0 unspecified atom stereocenters. The SMILES string of the molecule is C\C=C/C=c1/c([N+](=O)[O-])ccc(OCOC(=O)N(C)c2ncccc2COC(=O)CN(C)C(=O)C(C)(C)C)/c1=C(/C)CC. The van der Waals surface area contributed by atoms with Gasteiger partial charge < -0.3 is 19.1 Å². The number of non-ortho nitro benzene ring substituents is 1. The number of allylic oxidation sites excluding steroid dienone is 2. The first-order valence-corrected chi connectivity index (χ1v) is 13.7. The van der Waals surface area contributed by atoms with Gasteiger partial charge in [-0.25, -0.2) is 9.78 Å². The number of carbonyl (C=O) groups excluding carboxylic acids is 3. The van der Waals surface area contributed by atoms with Crippen molar-refractivity contribution in [3.8, 4) is 5.75 Å². The Kier molecular flexibility index (Phi) is 12.4. The summed E-state index contributed by atoms with van der Waals surface area (Å²) in [5.41, 5.74) is 0.592. The quantitative estimate of drug-likeness (QED) is 0.162. The Bertz CT molecular complexity index is 1490. The van der Waals surface area contributed by atoms with E-state index in [1.54, 1.807) is 58.1 Å². The van der Waals surface area contributed by atoms with Crippen LogP contribution in [0.5, 0.6) is 5.75 Å². The van der Waals surface area contributed by atoms with E-state index in [0.717, 1.165) is 10.5 Å². The number of nitrogens with zero attached hydrogens (tertiary/aromatic N) is 4. The van der Waals surface area contributed by atoms with Gasteiger partial charge in [-0.05, 0) is 38.5 Å². The van der Waals surface area contributed by atoms with E-state index < -0.39 is 29.2 Å². The van der Waals surface area contributed by atoms with Crippen LogP contribution in [0.2, 0.25) is 0 Å². The van der Waals surface area contributed by atoms with E-state index >= 15 is 0 Å². The second-order valence-corrected chi connectivity index (χ2v) is 10.7. The largest absolute Gasteiger partial charge is 0.459 e. The number of ether oxygens (including phenoxy) is 3. The summed E-state index contributed by atoms with van der Waals surface area (Å²) in [6.07, 6.45) is 6.42. The summed E-state index contributed by atoms with van der Waals surface area (Å²) in [4.78, 5) is 55.5. The molecule has 0 saturated heterocycles. The molecule has 0 spiro atoms. The van der Waals surface area contributed by atoms with Gasteiger partial charge >= 0.3 is 12.1 Å². The Balaban J connectivity index is 2.16. The van der Waals surface area contributed by atoms with Gasteiger partial charge in [-0.1, -0.05) is 51.5 Å². The van der Waals surface area contributed by atoms with Crippen molar-refractivity contribution in [1.29, 1.82) is 0 Å². The van der Waals surface area contributed by atoms with Crippen LogP contribution < -0.4 is 20.1 Å². The van der Waals surface area contributed by atoms with E-state index in [1.165, 1.54) is 37.3 Å². The zero-order valence-electron chi connectivity index (χ0n) is 26.0. The number of hydrogen-bond donors (Lipinski definition) is 0. The second kappa shape index (κ2) is 15.5. The van der Waals surface area contributed by atoms with Crippen LogP contribution in [0.4, 0.5) is 16.3 Å². The van der Waals surface area contributed by atoms with E-state index in [2.05, 4.69) is 4.98 Å². The average molecular weight is 597 g/mol. The summed E-state index contributed by atoms with van der Waals surface area (Å²) in [6.45, 7) is 9.99. The molecule has 2 rings (SSSR count). The molecule has 1 heterocycles. The molecule has 0 bridgehead atoms. The minimum Gasteiger partial charge on any atom is -0.459 e. The molecular formula is C31H40N4O8. The van der Waals surface area contributed by atoms with Crippen molar-refractivity contribution in [2.75, 3.05) is 32.3 Å². The monoisotopic (exact) mass is 596 g/mol. The number of anilines is 1. The third kappa shape index (κ3) is 9.38. The first-order chi connectivity index (χ1) is 20.2. The van der Waals surface area contributed by atoms with E-state index in [0.29, 0.717) is 28.2 Å². The molecule has 2 amide bonds. The summed E-state index contributed by atoms with van der Waals surface area (Å²) in [7, 11) is 2.97. The number of hydrogen-bond acceptors (Lipinski definition) is 9. The zero-order chi connectivity index (χ0) is 32.3. The molecule has 232 valence electrons. The fraction of sp³-hybridized carbons (Fsp3) is 0.419. The highest BCUT2D eigenvalue weighted by molar-refractivity contribution is 5.87.